The van der Waals surface area contributed by atoms with Crippen LogP contribution in [-0.4, -0.2) is 57.4 Å². The van der Waals surface area contributed by atoms with Crippen molar-refractivity contribution in [3.05, 3.63) is 48.9 Å². The van der Waals surface area contributed by atoms with Crippen molar-refractivity contribution in [2.75, 3.05) is 41.3 Å². The van der Waals surface area contributed by atoms with Crippen molar-refractivity contribution in [3.8, 4) is 5.75 Å². The van der Waals surface area contributed by atoms with Crippen molar-refractivity contribution in [1.29, 1.82) is 0 Å². The van der Waals surface area contributed by atoms with Crippen molar-refractivity contribution >= 4 is 23.4 Å². The normalized spacial score (nSPS) is 14.2. The van der Waals surface area contributed by atoms with Gasteiger partial charge in [0.05, 0.1) is 18.0 Å². The highest BCUT2D eigenvalue weighted by atomic mass is 16.5. The average Bonchev–Trinajstić information content (AvgIpc) is 2.76. The Kier molecular flexibility index (Phi) is 5.64. The van der Waals surface area contributed by atoms with Gasteiger partial charge in [0, 0.05) is 38.6 Å². The van der Waals surface area contributed by atoms with Crippen LogP contribution in [0.4, 0.5) is 23.4 Å². The fourth-order valence-corrected chi connectivity index (χ4v) is 3.14. The number of hydrogen-bond donors (Lipinski definition) is 1. The molecule has 1 aliphatic heterocycles. The van der Waals surface area contributed by atoms with Crippen LogP contribution >= 0.6 is 0 Å². The first-order valence-corrected chi connectivity index (χ1v) is 9.68. The van der Waals surface area contributed by atoms with Gasteiger partial charge in [0.15, 0.2) is 5.82 Å². The molecule has 1 N–H and O–H groups in total. The maximum atomic E-state index is 5.85. The zero-order valence-corrected chi connectivity index (χ0v) is 16.6. The molecule has 3 heterocycles. The predicted octanol–water partition coefficient (Wildman–Crippen LogP) is 2.52. The third kappa shape index (κ3) is 4.68. The van der Waals surface area contributed by atoms with E-state index in [2.05, 4.69) is 40.3 Å². The Morgan fingerprint density at radius 2 is 1.69 bits per heavy atom. The molecule has 1 saturated heterocycles. The third-order valence-corrected chi connectivity index (χ3v) is 4.48. The standard InChI is InChI=1S/C20H24N8O/c1-15(2)29-17-7-4-3-6-16(17)24-19-25-18(14-23-26-19)27-10-12-28(13-11-27)20-21-8-5-9-22-20/h3-9,14-15H,10-13H2,1-2H3,(H,24,25,26). The van der Waals surface area contributed by atoms with Gasteiger partial charge in [-0.2, -0.15) is 10.1 Å². The predicted molar refractivity (Wildman–Crippen MR) is 112 cm³/mol. The van der Waals surface area contributed by atoms with Crippen molar-refractivity contribution in [1.82, 2.24) is 25.1 Å². The molecule has 4 rings (SSSR count). The summed E-state index contributed by atoms with van der Waals surface area (Å²) in [6.07, 6.45) is 5.30. The summed E-state index contributed by atoms with van der Waals surface area (Å²) in [7, 11) is 0. The van der Waals surface area contributed by atoms with E-state index < -0.39 is 0 Å². The zero-order valence-electron chi connectivity index (χ0n) is 16.6. The monoisotopic (exact) mass is 392 g/mol. The summed E-state index contributed by atoms with van der Waals surface area (Å²) in [6, 6.07) is 9.56. The lowest BCUT2D eigenvalue weighted by atomic mass is 10.3. The first kappa shape index (κ1) is 18.9. The van der Waals surface area contributed by atoms with Gasteiger partial charge in [-0.05, 0) is 32.0 Å². The molecule has 3 aromatic rings. The van der Waals surface area contributed by atoms with Crippen LogP contribution < -0.4 is 19.9 Å². The Hall–Kier alpha value is -3.49. The minimum Gasteiger partial charge on any atom is -0.489 e. The van der Waals surface area contributed by atoms with Crippen molar-refractivity contribution < 1.29 is 4.74 Å². The van der Waals surface area contributed by atoms with Crippen molar-refractivity contribution in [2.24, 2.45) is 0 Å². The molecule has 0 unspecified atom stereocenters. The SMILES string of the molecule is CC(C)Oc1ccccc1Nc1nncc(N2CCN(c3ncccn3)CC2)n1. The van der Waals surface area contributed by atoms with E-state index in [0.717, 1.165) is 49.4 Å². The number of nitrogens with one attached hydrogen (secondary N) is 1. The number of rotatable bonds is 6. The highest BCUT2D eigenvalue weighted by Gasteiger charge is 2.20. The number of piperazine rings is 1. The summed E-state index contributed by atoms with van der Waals surface area (Å²) in [5.74, 6) is 2.75. The molecule has 0 aliphatic carbocycles. The van der Waals surface area contributed by atoms with Gasteiger partial charge >= 0.3 is 0 Å². The number of benzene rings is 1. The van der Waals surface area contributed by atoms with E-state index in [0.29, 0.717) is 5.95 Å². The first-order chi connectivity index (χ1) is 14.2. The van der Waals surface area contributed by atoms with Crippen LogP contribution in [0.2, 0.25) is 0 Å². The van der Waals surface area contributed by atoms with E-state index in [1.54, 1.807) is 18.6 Å². The van der Waals surface area contributed by atoms with Crippen LogP contribution in [0, 0.1) is 0 Å². The Morgan fingerprint density at radius 3 is 2.45 bits per heavy atom. The molecule has 1 aliphatic rings. The summed E-state index contributed by atoms with van der Waals surface area (Å²) >= 11 is 0. The van der Waals surface area contributed by atoms with Gasteiger partial charge in [-0.3, -0.25) is 0 Å². The van der Waals surface area contributed by atoms with Crippen LogP contribution in [0.1, 0.15) is 13.8 Å². The molecule has 0 atom stereocenters. The van der Waals surface area contributed by atoms with Crippen LogP contribution in [0.25, 0.3) is 0 Å². The minimum atomic E-state index is 0.0771. The second kappa shape index (κ2) is 8.68. The molecule has 9 heteroatoms. The summed E-state index contributed by atoms with van der Waals surface area (Å²) < 4.78 is 5.85. The molecule has 0 radical (unpaired) electrons. The lowest BCUT2D eigenvalue weighted by Gasteiger charge is -2.35. The Bertz CT molecular complexity index is 929. The molecule has 1 aromatic carbocycles. The van der Waals surface area contributed by atoms with Gasteiger partial charge in [-0.15, -0.1) is 5.10 Å². The molecular formula is C20H24N8O. The fraction of sp³-hybridized carbons (Fsp3) is 0.350. The number of aromatic nitrogens is 5. The number of nitrogens with zero attached hydrogens (tertiary/aromatic N) is 7. The van der Waals surface area contributed by atoms with E-state index in [1.807, 2.05) is 44.2 Å². The molecule has 150 valence electrons. The molecule has 0 spiro atoms. The van der Waals surface area contributed by atoms with Gasteiger partial charge in [0.1, 0.15) is 5.75 Å². The summed E-state index contributed by atoms with van der Waals surface area (Å²) in [4.78, 5) is 17.7. The molecule has 1 fully saturated rings. The number of ether oxygens (including phenoxy) is 1. The first-order valence-electron chi connectivity index (χ1n) is 9.68. The Balaban J connectivity index is 1.44. The van der Waals surface area contributed by atoms with Crippen LogP contribution in [0.15, 0.2) is 48.9 Å². The molecule has 0 saturated carbocycles. The number of para-hydroxylation sites is 2. The maximum Gasteiger partial charge on any atom is 0.249 e. The smallest absolute Gasteiger partial charge is 0.249 e. The highest BCUT2D eigenvalue weighted by Crippen LogP contribution is 2.27. The summed E-state index contributed by atoms with van der Waals surface area (Å²) in [6.45, 7) is 7.25. The molecule has 9 nitrogen and oxygen atoms in total. The van der Waals surface area contributed by atoms with Crippen molar-refractivity contribution in [3.63, 3.8) is 0 Å². The van der Waals surface area contributed by atoms with Crippen molar-refractivity contribution in [2.45, 2.75) is 20.0 Å². The Labute approximate surface area is 169 Å². The lowest BCUT2D eigenvalue weighted by Crippen LogP contribution is -2.47. The van der Waals surface area contributed by atoms with Gasteiger partial charge in [0.2, 0.25) is 11.9 Å². The number of anilines is 4. The third-order valence-electron chi connectivity index (χ3n) is 4.48. The molecule has 0 bridgehead atoms. The van der Waals surface area contributed by atoms with E-state index in [9.17, 15) is 0 Å². The van der Waals surface area contributed by atoms with E-state index >= 15 is 0 Å². The summed E-state index contributed by atoms with van der Waals surface area (Å²) in [5, 5.41) is 11.5. The second-order valence-electron chi connectivity index (χ2n) is 6.95. The van der Waals surface area contributed by atoms with E-state index in [4.69, 9.17) is 4.74 Å². The van der Waals surface area contributed by atoms with Gasteiger partial charge in [-0.25, -0.2) is 9.97 Å². The van der Waals surface area contributed by atoms with E-state index in [1.165, 1.54) is 0 Å². The largest absolute Gasteiger partial charge is 0.489 e. The van der Waals surface area contributed by atoms with Gasteiger partial charge in [-0.1, -0.05) is 12.1 Å². The van der Waals surface area contributed by atoms with Gasteiger partial charge in [0.25, 0.3) is 0 Å². The van der Waals surface area contributed by atoms with Crippen LogP contribution in [0.3, 0.4) is 0 Å². The summed E-state index contributed by atoms with van der Waals surface area (Å²) in [5.41, 5.74) is 0.811. The Morgan fingerprint density at radius 1 is 0.966 bits per heavy atom. The van der Waals surface area contributed by atoms with Gasteiger partial charge < -0.3 is 19.9 Å². The maximum absolute atomic E-state index is 5.85. The zero-order chi connectivity index (χ0) is 20.1. The molecule has 0 amide bonds. The molecule has 29 heavy (non-hydrogen) atoms. The average molecular weight is 392 g/mol. The highest BCUT2D eigenvalue weighted by molar-refractivity contribution is 5.62. The van der Waals surface area contributed by atoms with Crippen LogP contribution in [-0.2, 0) is 0 Å². The lowest BCUT2D eigenvalue weighted by molar-refractivity contribution is 0.244. The van der Waals surface area contributed by atoms with Crippen LogP contribution in [0.5, 0.6) is 5.75 Å². The minimum absolute atomic E-state index is 0.0771. The number of hydrogen-bond acceptors (Lipinski definition) is 9. The quantitative estimate of drug-likeness (QED) is 0.679. The molecule has 2 aromatic heterocycles. The topological polar surface area (TPSA) is 92.2 Å². The second-order valence-corrected chi connectivity index (χ2v) is 6.95. The molecular weight excluding hydrogens is 368 g/mol. The fourth-order valence-electron chi connectivity index (χ4n) is 3.14. The van der Waals surface area contributed by atoms with E-state index in [-0.39, 0.29) is 6.10 Å².